The van der Waals surface area contributed by atoms with Gasteiger partial charge in [-0.25, -0.2) is 0 Å². The molecule has 1 aromatic rings. The summed E-state index contributed by atoms with van der Waals surface area (Å²) in [6.45, 7) is 6.06. The Hall–Kier alpha value is -0.690. The molecule has 0 aliphatic heterocycles. The third kappa shape index (κ3) is 2.63. The SMILES string of the molecule is Cc1cccc(C)c1OC(C)CCl. The zero-order chi connectivity index (χ0) is 9.84. The quantitative estimate of drug-likeness (QED) is 0.678. The van der Waals surface area contributed by atoms with E-state index in [2.05, 4.69) is 0 Å². The van der Waals surface area contributed by atoms with Crippen molar-refractivity contribution in [2.75, 3.05) is 5.88 Å². The number of hydrogen-bond acceptors (Lipinski definition) is 1. The number of aryl methyl sites for hydroxylation is 2. The third-order valence-electron chi connectivity index (χ3n) is 1.95. The molecule has 0 amide bonds. The Morgan fingerprint density at radius 2 is 1.85 bits per heavy atom. The molecule has 72 valence electrons. The first kappa shape index (κ1) is 10.4. The first-order chi connectivity index (χ1) is 6.15. The van der Waals surface area contributed by atoms with Gasteiger partial charge in [0.1, 0.15) is 11.9 Å². The molecule has 0 aliphatic rings. The molecule has 1 atom stereocenters. The van der Waals surface area contributed by atoms with E-state index in [4.69, 9.17) is 16.3 Å². The van der Waals surface area contributed by atoms with Crippen LogP contribution >= 0.6 is 11.6 Å². The van der Waals surface area contributed by atoms with Gasteiger partial charge in [0, 0.05) is 0 Å². The van der Waals surface area contributed by atoms with Crippen molar-refractivity contribution in [2.45, 2.75) is 26.9 Å². The molecule has 0 saturated heterocycles. The summed E-state index contributed by atoms with van der Waals surface area (Å²) < 4.78 is 5.69. The van der Waals surface area contributed by atoms with E-state index in [1.807, 2.05) is 39.0 Å². The Morgan fingerprint density at radius 3 is 2.31 bits per heavy atom. The second-order valence-corrected chi connectivity index (χ2v) is 3.61. The van der Waals surface area contributed by atoms with Crippen molar-refractivity contribution >= 4 is 11.6 Å². The number of ether oxygens (including phenoxy) is 1. The van der Waals surface area contributed by atoms with E-state index in [1.54, 1.807) is 0 Å². The summed E-state index contributed by atoms with van der Waals surface area (Å²) in [6, 6.07) is 6.12. The molecule has 0 spiro atoms. The minimum Gasteiger partial charge on any atom is -0.489 e. The highest BCUT2D eigenvalue weighted by Gasteiger charge is 2.06. The highest BCUT2D eigenvalue weighted by molar-refractivity contribution is 6.18. The van der Waals surface area contributed by atoms with E-state index in [0.717, 1.165) is 16.9 Å². The van der Waals surface area contributed by atoms with Gasteiger partial charge in [0.15, 0.2) is 0 Å². The fraction of sp³-hybridized carbons (Fsp3) is 0.455. The Morgan fingerprint density at radius 1 is 1.31 bits per heavy atom. The van der Waals surface area contributed by atoms with Gasteiger partial charge in [0.25, 0.3) is 0 Å². The molecule has 0 radical (unpaired) electrons. The molecule has 1 rings (SSSR count). The molecule has 1 nitrogen and oxygen atoms in total. The fourth-order valence-corrected chi connectivity index (χ4v) is 1.28. The summed E-state index contributed by atoms with van der Waals surface area (Å²) >= 11 is 5.68. The van der Waals surface area contributed by atoms with Crippen LogP contribution in [0.3, 0.4) is 0 Å². The number of hydrogen-bond donors (Lipinski definition) is 0. The van der Waals surface area contributed by atoms with Crippen molar-refractivity contribution in [1.82, 2.24) is 0 Å². The van der Waals surface area contributed by atoms with Gasteiger partial charge in [-0.15, -0.1) is 11.6 Å². The van der Waals surface area contributed by atoms with Gasteiger partial charge in [-0.05, 0) is 31.9 Å². The van der Waals surface area contributed by atoms with Gasteiger partial charge in [0.05, 0.1) is 5.88 Å². The first-order valence-electron chi connectivity index (χ1n) is 4.44. The smallest absolute Gasteiger partial charge is 0.125 e. The molecule has 0 heterocycles. The van der Waals surface area contributed by atoms with Gasteiger partial charge in [0.2, 0.25) is 0 Å². The molecule has 0 fully saturated rings. The molecular weight excluding hydrogens is 184 g/mol. The molecule has 0 aliphatic carbocycles. The van der Waals surface area contributed by atoms with E-state index in [0.29, 0.717) is 5.88 Å². The number of halogens is 1. The van der Waals surface area contributed by atoms with Crippen LogP contribution in [-0.2, 0) is 0 Å². The fourth-order valence-electron chi connectivity index (χ4n) is 1.22. The van der Waals surface area contributed by atoms with Gasteiger partial charge >= 0.3 is 0 Å². The standard InChI is InChI=1S/C11H15ClO/c1-8-5-4-6-9(2)11(8)13-10(3)7-12/h4-6,10H,7H2,1-3H3. The number of rotatable bonds is 3. The van der Waals surface area contributed by atoms with Crippen molar-refractivity contribution in [1.29, 1.82) is 0 Å². The second kappa shape index (κ2) is 4.52. The third-order valence-corrected chi connectivity index (χ3v) is 2.38. The summed E-state index contributed by atoms with van der Waals surface area (Å²) in [6.07, 6.45) is 0.0708. The predicted molar refractivity (Wildman–Crippen MR) is 56.7 cm³/mol. The number of para-hydroxylation sites is 1. The lowest BCUT2D eigenvalue weighted by molar-refractivity contribution is 0.242. The maximum atomic E-state index is 5.69. The molecule has 0 aromatic heterocycles. The van der Waals surface area contributed by atoms with Crippen LogP contribution < -0.4 is 4.74 Å². The summed E-state index contributed by atoms with van der Waals surface area (Å²) in [5.74, 6) is 1.49. The maximum Gasteiger partial charge on any atom is 0.125 e. The Bertz CT molecular complexity index is 263. The van der Waals surface area contributed by atoms with Gasteiger partial charge in [-0.1, -0.05) is 18.2 Å². The zero-order valence-electron chi connectivity index (χ0n) is 8.30. The summed E-state index contributed by atoms with van der Waals surface area (Å²) in [4.78, 5) is 0. The lowest BCUT2D eigenvalue weighted by atomic mass is 10.1. The summed E-state index contributed by atoms with van der Waals surface area (Å²) in [7, 11) is 0. The minimum atomic E-state index is 0.0708. The van der Waals surface area contributed by atoms with E-state index in [-0.39, 0.29) is 6.10 Å². The average Bonchev–Trinajstić information content (AvgIpc) is 2.11. The molecule has 1 aromatic carbocycles. The van der Waals surface area contributed by atoms with Gasteiger partial charge in [-0.2, -0.15) is 0 Å². The summed E-state index contributed by atoms with van der Waals surface area (Å²) in [5, 5.41) is 0. The van der Waals surface area contributed by atoms with Crippen LogP contribution in [0.4, 0.5) is 0 Å². The topological polar surface area (TPSA) is 9.23 Å². The Kier molecular flexibility index (Phi) is 3.61. The van der Waals surface area contributed by atoms with Crippen LogP contribution in [0.2, 0.25) is 0 Å². The molecule has 0 bridgehead atoms. The lowest BCUT2D eigenvalue weighted by Gasteiger charge is -2.15. The van der Waals surface area contributed by atoms with Crippen LogP contribution in [0.5, 0.6) is 5.75 Å². The van der Waals surface area contributed by atoms with Gasteiger partial charge in [-0.3, -0.25) is 0 Å². The van der Waals surface area contributed by atoms with E-state index in [9.17, 15) is 0 Å². The predicted octanol–water partition coefficient (Wildman–Crippen LogP) is 3.31. The lowest BCUT2D eigenvalue weighted by Crippen LogP contribution is -2.14. The average molecular weight is 199 g/mol. The van der Waals surface area contributed by atoms with Crippen LogP contribution in [-0.4, -0.2) is 12.0 Å². The van der Waals surface area contributed by atoms with Crippen molar-refractivity contribution in [2.24, 2.45) is 0 Å². The largest absolute Gasteiger partial charge is 0.489 e. The zero-order valence-corrected chi connectivity index (χ0v) is 9.06. The first-order valence-corrected chi connectivity index (χ1v) is 4.97. The summed E-state index contributed by atoms with van der Waals surface area (Å²) in [5.41, 5.74) is 2.33. The number of benzene rings is 1. The van der Waals surface area contributed by atoms with E-state index < -0.39 is 0 Å². The normalized spacial score (nSPS) is 12.6. The molecule has 2 heteroatoms. The molecule has 1 unspecified atom stereocenters. The van der Waals surface area contributed by atoms with Crippen molar-refractivity contribution in [3.8, 4) is 5.75 Å². The number of alkyl halides is 1. The molecule has 0 N–H and O–H groups in total. The van der Waals surface area contributed by atoms with Crippen molar-refractivity contribution in [3.05, 3.63) is 29.3 Å². The highest BCUT2D eigenvalue weighted by atomic mass is 35.5. The molecule has 0 saturated carbocycles. The molecule has 13 heavy (non-hydrogen) atoms. The van der Waals surface area contributed by atoms with Crippen LogP contribution in [0.15, 0.2) is 18.2 Å². The van der Waals surface area contributed by atoms with Crippen LogP contribution in [0.1, 0.15) is 18.1 Å². The van der Waals surface area contributed by atoms with Crippen molar-refractivity contribution in [3.63, 3.8) is 0 Å². The minimum absolute atomic E-state index is 0.0708. The Labute approximate surface area is 84.7 Å². The van der Waals surface area contributed by atoms with E-state index >= 15 is 0 Å². The Balaban J connectivity index is 2.87. The highest BCUT2D eigenvalue weighted by Crippen LogP contribution is 2.23. The second-order valence-electron chi connectivity index (χ2n) is 3.30. The van der Waals surface area contributed by atoms with Crippen LogP contribution in [0.25, 0.3) is 0 Å². The van der Waals surface area contributed by atoms with E-state index in [1.165, 1.54) is 0 Å². The molecular formula is C11H15ClO. The van der Waals surface area contributed by atoms with Gasteiger partial charge < -0.3 is 4.74 Å². The maximum absolute atomic E-state index is 5.69. The monoisotopic (exact) mass is 198 g/mol. The van der Waals surface area contributed by atoms with Crippen LogP contribution in [0, 0.1) is 13.8 Å². The van der Waals surface area contributed by atoms with Crippen molar-refractivity contribution < 1.29 is 4.74 Å².